The molecule has 2 aliphatic rings. The number of para-hydroxylation sites is 2. The van der Waals surface area contributed by atoms with E-state index in [9.17, 15) is 5.11 Å². The third-order valence-corrected chi connectivity index (χ3v) is 5.92. The molecule has 156 valence electrons. The Morgan fingerprint density at radius 2 is 2.03 bits per heavy atom. The molecule has 2 aromatic rings. The van der Waals surface area contributed by atoms with Crippen LogP contribution < -0.4 is 25.6 Å². The molecule has 4 N–H and O–H groups in total. The molecule has 0 spiro atoms. The molecule has 29 heavy (non-hydrogen) atoms. The minimum Gasteiger partial charge on any atom is -0.495 e. The smallest absolute Gasteiger partial charge is 0.142 e. The zero-order valence-corrected chi connectivity index (χ0v) is 16.9. The molecule has 2 atom stereocenters. The van der Waals surface area contributed by atoms with Gasteiger partial charge in [-0.25, -0.2) is 9.97 Å². The topological polar surface area (TPSA) is 99.8 Å². The molecule has 0 unspecified atom stereocenters. The van der Waals surface area contributed by atoms with Crippen LogP contribution in [0.3, 0.4) is 0 Å². The van der Waals surface area contributed by atoms with Crippen LogP contribution in [0.2, 0.25) is 0 Å². The molecule has 1 aromatic carbocycles. The molecule has 2 fully saturated rings. The van der Waals surface area contributed by atoms with Gasteiger partial charge in [0, 0.05) is 44.3 Å². The largest absolute Gasteiger partial charge is 0.495 e. The first-order valence-electron chi connectivity index (χ1n) is 10.3. The van der Waals surface area contributed by atoms with Crippen molar-refractivity contribution >= 4 is 17.3 Å². The summed E-state index contributed by atoms with van der Waals surface area (Å²) in [6.45, 7) is 3.39. The lowest BCUT2D eigenvalue weighted by atomic mass is 10.0. The van der Waals surface area contributed by atoms with Crippen molar-refractivity contribution in [2.75, 3.05) is 48.8 Å². The summed E-state index contributed by atoms with van der Waals surface area (Å²) in [6, 6.07) is 10.6. The Labute approximate surface area is 171 Å². The van der Waals surface area contributed by atoms with Crippen LogP contribution in [0.25, 0.3) is 0 Å². The van der Waals surface area contributed by atoms with Crippen molar-refractivity contribution in [2.24, 2.45) is 0 Å². The second-order valence-electron chi connectivity index (χ2n) is 7.84. The summed E-state index contributed by atoms with van der Waals surface area (Å²) in [5.74, 6) is 2.16. The van der Waals surface area contributed by atoms with Crippen molar-refractivity contribution in [1.29, 1.82) is 0 Å². The molecule has 8 nitrogen and oxygen atoms in total. The average Bonchev–Trinajstić information content (AvgIpc) is 3.13. The molecule has 0 radical (unpaired) electrons. The Morgan fingerprint density at radius 3 is 2.79 bits per heavy atom. The predicted molar refractivity (Wildman–Crippen MR) is 114 cm³/mol. The standard InChI is InChI=1S/C21H30N6O2/c1-29-19-5-3-2-4-18(19)26-8-6-15(7-9-26)23-12-16-10-17(28)13-27(16)21-11-20(22)24-14-25-21/h2-5,11,14-17,23,28H,6-10,12-13H2,1H3,(H2,22,24,25)/t16-,17-/m1/s1. The predicted octanol–water partition coefficient (Wildman–Crippen LogP) is 1.27. The Balaban J connectivity index is 1.32. The third-order valence-electron chi connectivity index (χ3n) is 5.92. The highest BCUT2D eigenvalue weighted by Gasteiger charge is 2.32. The highest BCUT2D eigenvalue weighted by atomic mass is 16.5. The van der Waals surface area contributed by atoms with Crippen LogP contribution in [0.1, 0.15) is 19.3 Å². The minimum absolute atomic E-state index is 0.201. The fourth-order valence-corrected chi connectivity index (χ4v) is 4.40. The summed E-state index contributed by atoms with van der Waals surface area (Å²) in [7, 11) is 1.72. The number of hydrogen-bond donors (Lipinski definition) is 3. The third kappa shape index (κ3) is 4.54. The second kappa shape index (κ2) is 8.84. The Kier molecular flexibility index (Phi) is 6.01. The number of β-amino-alcohol motifs (C(OH)–C–C–N with tert-alkyl or cyclic N) is 1. The number of nitrogen functional groups attached to an aromatic ring is 1. The molecule has 0 aliphatic carbocycles. The van der Waals surface area contributed by atoms with E-state index in [1.165, 1.54) is 12.0 Å². The number of piperidine rings is 1. The number of rotatable bonds is 6. The van der Waals surface area contributed by atoms with Gasteiger partial charge in [-0.1, -0.05) is 12.1 Å². The SMILES string of the molecule is COc1ccccc1N1CCC(NC[C@H]2C[C@@H](O)CN2c2cc(N)ncn2)CC1. The number of aromatic nitrogens is 2. The van der Waals surface area contributed by atoms with E-state index in [4.69, 9.17) is 10.5 Å². The maximum absolute atomic E-state index is 10.2. The van der Waals surface area contributed by atoms with E-state index in [0.717, 1.165) is 50.5 Å². The van der Waals surface area contributed by atoms with Gasteiger partial charge in [0.15, 0.2) is 0 Å². The van der Waals surface area contributed by atoms with Gasteiger partial charge in [0.1, 0.15) is 23.7 Å². The van der Waals surface area contributed by atoms with E-state index in [0.29, 0.717) is 18.4 Å². The summed E-state index contributed by atoms with van der Waals surface area (Å²) >= 11 is 0. The number of methoxy groups -OCH3 is 1. The van der Waals surface area contributed by atoms with Crippen LogP contribution in [0, 0.1) is 0 Å². The summed E-state index contributed by atoms with van der Waals surface area (Å²) in [5, 5.41) is 13.9. The number of hydrogen-bond acceptors (Lipinski definition) is 8. The van der Waals surface area contributed by atoms with Crippen molar-refractivity contribution < 1.29 is 9.84 Å². The Bertz CT molecular complexity index is 811. The Morgan fingerprint density at radius 1 is 1.24 bits per heavy atom. The molecule has 1 aromatic heterocycles. The molecule has 0 amide bonds. The molecular formula is C21H30N6O2. The summed E-state index contributed by atoms with van der Waals surface area (Å²) in [5.41, 5.74) is 6.98. The van der Waals surface area contributed by atoms with Gasteiger partial charge in [-0.2, -0.15) is 0 Å². The number of aliphatic hydroxyl groups excluding tert-OH is 1. The molecule has 0 bridgehead atoms. The maximum atomic E-state index is 10.2. The molecule has 4 rings (SSSR count). The van der Waals surface area contributed by atoms with E-state index < -0.39 is 0 Å². The average molecular weight is 399 g/mol. The number of nitrogens with zero attached hydrogens (tertiary/aromatic N) is 4. The van der Waals surface area contributed by atoms with Crippen molar-refractivity contribution in [2.45, 2.75) is 37.5 Å². The minimum atomic E-state index is -0.342. The van der Waals surface area contributed by atoms with Gasteiger partial charge >= 0.3 is 0 Å². The van der Waals surface area contributed by atoms with Crippen LogP contribution in [0.5, 0.6) is 5.75 Å². The van der Waals surface area contributed by atoms with Gasteiger partial charge in [-0.05, 0) is 31.4 Å². The molecule has 3 heterocycles. The van der Waals surface area contributed by atoms with Gasteiger partial charge in [0.2, 0.25) is 0 Å². The normalized spacial score (nSPS) is 22.8. The number of nitrogens with one attached hydrogen (secondary N) is 1. The van der Waals surface area contributed by atoms with Crippen molar-refractivity contribution in [3.63, 3.8) is 0 Å². The second-order valence-corrected chi connectivity index (χ2v) is 7.84. The fourth-order valence-electron chi connectivity index (χ4n) is 4.40. The van der Waals surface area contributed by atoms with Gasteiger partial charge in [0.05, 0.1) is 18.9 Å². The van der Waals surface area contributed by atoms with Crippen LogP contribution in [-0.4, -0.2) is 66.6 Å². The molecule has 2 aliphatic heterocycles. The Hall–Kier alpha value is -2.58. The van der Waals surface area contributed by atoms with E-state index in [1.54, 1.807) is 13.2 Å². The monoisotopic (exact) mass is 398 g/mol. The van der Waals surface area contributed by atoms with Gasteiger partial charge in [-0.3, -0.25) is 0 Å². The van der Waals surface area contributed by atoms with Crippen LogP contribution in [-0.2, 0) is 0 Å². The molecular weight excluding hydrogens is 368 g/mol. The van der Waals surface area contributed by atoms with Gasteiger partial charge in [0.25, 0.3) is 0 Å². The van der Waals surface area contributed by atoms with Crippen molar-refractivity contribution in [1.82, 2.24) is 15.3 Å². The molecule has 0 saturated carbocycles. The number of aliphatic hydroxyl groups is 1. The fraction of sp³-hybridized carbons (Fsp3) is 0.524. The first kappa shape index (κ1) is 19.7. The van der Waals surface area contributed by atoms with Crippen LogP contribution >= 0.6 is 0 Å². The van der Waals surface area contributed by atoms with Crippen molar-refractivity contribution in [3.8, 4) is 5.75 Å². The number of ether oxygens (including phenoxy) is 1. The van der Waals surface area contributed by atoms with Crippen molar-refractivity contribution in [3.05, 3.63) is 36.7 Å². The lowest BCUT2D eigenvalue weighted by molar-refractivity contribution is 0.193. The van der Waals surface area contributed by atoms with Crippen LogP contribution in [0.4, 0.5) is 17.3 Å². The number of benzene rings is 1. The van der Waals surface area contributed by atoms with Gasteiger partial charge < -0.3 is 30.7 Å². The zero-order chi connectivity index (χ0) is 20.2. The molecule has 2 saturated heterocycles. The zero-order valence-electron chi connectivity index (χ0n) is 16.9. The van der Waals surface area contributed by atoms with Gasteiger partial charge in [-0.15, -0.1) is 0 Å². The first-order chi connectivity index (χ1) is 14.1. The van der Waals surface area contributed by atoms with E-state index in [-0.39, 0.29) is 12.1 Å². The molecule has 8 heteroatoms. The van der Waals surface area contributed by atoms with E-state index in [1.807, 2.05) is 12.1 Å². The quantitative estimate of drug-likeness (QED) is 0.669. The van der Waals surface area contributed by atoms with E-state index in [2.05, 4.69) is 37.2 Å². The maximum Gasteiger partial charge on any atom is 0.142 e. The number of nitrogens with two attached hydrogens (primary N) is 1. The summed E-state index contributed by atoms with van der Waals surface area (Å²) in [6.07, 6.45) is 4.02. The first-order valence-corrected chi connectivity index (χ1v) is 10.3. The summed E-state index contributed by atoms with van der Waals surface area (Å²) < 4.78 is 5.51. The highest BCUT2D eigenvalue weighted by Crippen LogP contribution is 2.30. The highest BCUT2D eigenvalue weighted by molar-refractivity contribution is 5.58. The number of anilines is 3. The lowest BCUT2D eigenvalue weighted by Gasteiger charge is -2.35. The van der Waals surface area contributed by atoms with E-state index >= 15 is 0 Å². The van der Waals surface area contributed by atoms with Crippen LogP contribution in [0.15, 0.2) is 36.7 Å². The lowest BCUT2D eigenvalue weighted by Crippen LogP contribution is -2.47. The summed E-state index contributed by atoms with van der Waals surface area (Å²) in [4.78, 5) is 12.8.